The van der Waals surface area contributed by atoms with Gasteiger partial charge in [-0.05, 0) is 31.0 Å². The van der Waals surface area contributed by atoms with Gasteiger partial charge in [0.1, 0.15) is 5.75 Å². The van der Waals surface area contributed by atoms with Gasteiger partial charge in [0.15, 0.2) is 0 Å². The van der Waals surface area contributed by atoms with Gasteiger partial charge in [-0.25, -0.2) is 0 Å². The van der Waals surface area contributed by atoms with Gasteiger partial charge in [-0.3, -0.25) is 0 Å². The SMILES string of the molecule is CCC(C)Oc1ccc(CNC(C)C)cc1. The van der Waals surface area contributed by atoms with Crippen molar-refractivity contribution in [1.82, 2.24) is 5.32 Å². The molecule has 1 atom stereocenters. The molecular weight excluding hydrogens is 198 g/mol. The van der Waals surface area contributed by atoms with Crippen LogP contribution in [0, 0.1) is 0 Å². The van der Waals surface area contributed by atoms with E-state index in [4.69, 9.17) is 4.74 Å². The topological polar surface area (TPSA) is 21.3 Å². The Labute approximate surface area is 99.0 Å². The Morgan fingerprint density at radius 1 is 1.12 bits per heavy atom. The first-order valence-electron chi connectivity index (χ1n) is 6.10. The third-order valence-electron chi connectivity index (χ3n) is 2.55. The van der Waals surface area contributed by atoms with Crippen molar-refractivity contribution in [1.29, 1.82) is 0 Å². The molecule has 0 aliphatic carbocycles. The summed E-state index contributed by atoms with van der Waals surface area (Å²) in [5, 5.41) is 3.39. The zero-order valence-corrected chi connectivity index (χ0v) is 10.8. The summed E-state index contributed by atoms with van der Waals surface area (Å²) in [6.07, 6.45) is 1.33. The summed E-state index contributed by atoms with van der Waals surface area (Å²) in [5.41, 5.74) is 1.30. The molecule has 2 nitrogen and oxygen atoms in total. The van der Waals surface area contributed by atoms with Crippen molar-refractivity contribution in [3.05, 3.63) is 29.8 Å². The molecule has 0 aliphatic rings. The van der Waals surface area contributed by atoms with Crippen molar-refractivity contribution < 1.29 is 4.74 Å². The molecule has 2 heteroatoms. The van der Waals surface area contributed by atoms with Gasteiger partial charge in [-0.2, -0.15) is 0 Å². The molecule has 0 saturated heterocycles. The minimum absolute atomic E-state index is 0.291. The van der Waals surface area contributed by atoms with Crippen molar-refractivity contribution in [3.63, 3.8) is 0 Å². The van der Waals surface area contributed by atoms with Gasteiger partial charge < -0.3 is 10.1 Å². The smallest absolute Gasteiger partial charge is 0.119 e. The Balaban J connectivity index is 2.47. The number of hydrogen-bond acceptors (Lipinski definition) is 2. The normalized spacial score (nSPS) is 12.8. The zero-order chi connectivity index (χ0) is 12.0. The third-order valence-corrected chi connectivity index (χ3v) is 2.55. The number of benzene rings is 1. The summed E-state index contributed by atoms with van der Waals surface area (Å²) >= 11 is 0. The van der Waals surface area contributed by atoms with E-state index in [9.17, 15) is 0 Å². The summed E-state index contributed by atoms with van der Waals surface area (Å²) < 4.78 is 5.72. The minimum Gasteiger partial charge on any atom is -0.491 e. The van der Waals surface area contributed by atoms with Crippen LogP contribution < -0.4 is 10.1 Å². The maximum absolute atomic E-state index is 5.72. The molecule has 1 aromatic carbocycles. The van der Waals surface area contributed by atoms with Crippen LogP contribution in [0.2, 0.25) is 0 Å². The minimum atomic E-state index is 0.291. The highest BCUT2D eigenvalue weighted by molar-refractivity contribution is 5.27. The van der Waals surface area contributed by atoms with Crippen LogP contribution in [-0.4, -0.2) is 12.1 Å². The van der Waals surface area contributed by atoms with Crippen molar-refractivity contribution in [2.24, 2.45) is 0 Å². The molecule has 0 aliphatic heterocycles. The number of nitrogens with one attached hydrogen (secondary N) is 1. The molecule has 90 valence electrons. The molecule has 0 heterocycles. The van der Waals surface area contributed by atoms with Crippen molar-refractivity contribution >= 4 is 0 Å². The highest BCUT2D eigenvalue weighted by Gasteiger charge is 2.01. The quantitative estimate of drug-likeness (QED) is 0.795. The Hall–Kier alpha value is -1.02. The predicted molar refractivity (Wildman–Crippen MR) is 68.8 cm³/mol. The van der Waals surface area contributed by atoms with Gasteiger partial charge in [0.25, 0.3) is 0 Å². The van der Waals surface area contributed by atoms with Crippen LogP contribution in [-0.2, 0) is 6.54 Å². The first-order chi connectivity index (χ1) is 7.61. The van der Waals surface area contributed by atoms with Crippen molar-refractivity contribution in [2.45, 2.75) is 52.8 Å². The maximum Gasteiger partial charge on any atom is 0.119 e. The monoisotopic (exact) mass is 221 g/mol. The Morgan fingerprint density at radius 2 is 1.75 bits per heavy atom. The fraction of sp³-hybridized carbons (Fsp3) is 0.571. The second-order valence-corrected chi connectivity index (χ2v) is 4.52. The van der Waals surface area contributed by atoms with E-state index in [1.165, 1.54) is 5.56 Å². The number of ether oxygens (including phenoxy) is 1. The van der Waals surface area contributed by atoms with Gasteiger partial charge in [-0.1, -0.05) is 32.9 Å². The molecule has 0 radical (unpaired) electrons. The molecule has 1 aromatic rings. The first kappa shape index (κ1) is 13.0. The molecule has 1 rings (SSSR count). The average Bonchev–Trinajstić information content (AvgIpc) is 2.28. The van der Waals surface area contributed by atoms with Crippen LogP contribution in [0.4, 0.5) is 0 Å². The van der Waals surface area contributed by atoms with Crippen LogP contribution >= 0.6 is 0 Å². The summed E-state index contributed by atoms with van der Waals surface area (Å²) in [6.45, 7) is 9.45. The molecular formula is C14H23NO. The molecule has 0 amide bonds. The lowest BCUT2D eigenvalue weighted by Crippen LogP contribution is -2.21. The van der Waals surface area contributed by atoms with Crippen molar-refractivity contribution in [2.75, 3.05) is 0 Å². The van der Waals surface area contributed by atoms with E-state index >= 15 is 0 Å². The van der Waals surface area contributed by atoms with Crippen LogP contribution in [0.1, 0.15) is 39.7 Å². The van der Waals surface area contributed by atoms with Crippen molar-refractivity contribution in [3.8, 4) is 5.75 Å². The Bertz CT molecular complexity index is 292. The fourth-order valence-electron chi connectivity index (χ4n) is 1.32. The fourth-order valence-corrected chi connectivity index (χ4v) is 1.32. The maximum atomic E-state index is 5.72. The molecule has 16 heavy (non-hydrogen) atoms. The zero-order valence-electron chi connectivity index (χ0n) is 10.8. The van der Waals surface area contributed by atoms with Crippen LogP contribution in [0.3, 0.4) is 0 Å². The van der Waals surface area contributed by atoms with Gasteiger partial charge in [-0.15, -0.1) is 0 Å². The summed E-state index contributed by atoms with van der Waals surface area (Å²) in [6, 6.07) is 8.85. The summed E-state index contributed by atoms with van der Waals surface area (Å²) in [7, 11) is 0. The Morgan fingerprint density at radius 3 is 2.25 bits per heavy atom. The molecule has 1 N–H and O–H groups in total. The molecule has 0 bridgehead atoms. The third kappa shape index (κ3) is 4.67. The summed E-state index contributed by atoms with van der Waals surface area (Å²) in [4.78, 5) is 0. The molecule has 1 unspecified atom stereocenters. The van der Waals surface area contributed by atoms with Crippen LogP contribution in [0.25, 0.3) is 0 Å². The van der Waals surface area contributed by atoms with Gasteiger partial charge in [0.2, 0.25) is 0 Å². The number of hydrogen-bond donors (Lipinski definition) is 1. The molecule has 0 saturated carbocycles. The van der Waals surface area contributed by atoms with E-state index < -0.39 is 0 Å². The Kier molecular flexibility index (Phi) is 5.33. The average molecular weight is 221 g/mol. The molecule has 0 aromatic heterocycles. The van der Waals surface area contributed by atoms with E-state index in [1.807, 2.05) is 12.1 Å². The highest BCUT2D eigenvalue weighted by atomic mass is 16.5. The standard InChI is InChI=1S/C14H23NO/c1-5-12(4)16-14-8-6-13(7-9-14)10-15-11(2)3/h6-9,11-12,15H,5,10H2,1-4H3. The van der Waals surface area contributed by atoms with Gasteiger partial charge in [0.05, 0.1) is 6.10 Å². The largest absolute Gasteiger partial charge is 0.491 e. The van der Waals surface area contributed by atoms with E-state index in [0.29, 0.717) is 12.1 Å². The first-order valence-corrected chi connectivity index (χ1v) is 6.10. The second kappa shape index (κ2) is 6.54. The van der Waals surface area contributed by atoms with Gasteiger partial charge in [0, 0.05) is 12.6 Å². The predicted octanol–water partition coefficient (Wildman–Crippen LogP) is 3.36. The number of rotatable bonds is 6. The lowest BCUT2D eigenvalue weighted by Gasteiger charge is -2.13. The molecule has 0 fully saturated rings. The lowest BCUT2D eigenvalue weighted by molar-refractivity contribution is 0.217. The summed E-state index contributed by atoms with van der Waals surface area (Å²) in [5.74, 6) is 0.961. The van der Waals surface area contributed by atoms with E-state index in [0.717, 1.165) is 18.7 Å². The molecule has 0 spiro atoms. The van der Waals surface area contributed by atoms with Crippen LogP contribution in [0.15, 0.2) is 24.3 Å². The highest BCUT2D eigenvalue weighted by Crippen LogP contribution is 2.14. The lowest BCUT2D eigenvalue weighted by atomic mass is 10.2. The van der Waals surface area contributed by atoms with E-state index in [1.54, 1.807) is 0 Å². The van der Waals surface area contributed by atoms with E-state index in [-0.39, 0.29) is 0 Å². The second-order valence-electron chi connectivity index (χ2n) is 4.52. The van der Waals surface area contributed by atoms with Crippen LogP contribution in [0.5, 0.6) is 5.75 Å². The van der Waals surface area contributed by atoms with E-state index in [2.05, 4.69) is 45.1 Å². The van der Waals surface area contributed by atoms with Gasteiger partial charge >= 0.3 is 0 Å².